The fraction of sp³-hybridized carbons (Fsp3) is 0.200. The zero-order valence-corrected chi connectivity index (χ0v) is 9.70. The van der Waals surface area contributed by atoms with E-state index in [1.165, 1.54) is 17.1 Å². The molecule has 94 valence electrons. The highest BCUT2D eigenvalue weighted by atomic mass is 16.6. The molecular weight excluding hydrogens is 236 g/mol. The molecule has 3 N–H and O–H groups in total. The molecule has 0 aromatic carbocycles. The fourth-order valence-electron chi connectivity index (χ4n) is 1.50. The number of hydrogen-bond donors (Lipinski definition) is 2. The summed E-state index contributed by atoms with van der Waals surface area (Å²) in [5, 5.41) is 17.7. The molecule has 2 rings (SSSR count). The SMILES string of the molecule is Cn1ncc(CNc2ccncc2[N+](=O)[O-])c1N. The fourth-order valence-corrected chi connectivity index (χ4v) is 1.50. The van der Waals surface area contributed by atoms with E-state index in [4.69, 9.17) is 5.73 Å². The molecule has 0 fully saturated rings. The number of pyridine rings is 1. The minimum Gasteiger partial charge on any atom is -0.384 e. The van der Waals surface area contributed by atoms with Crippen molar-refractivity contribution in [2.45, 2.75) is 6.54 Å². The molecule has 0 bridgehead atoms. The van der Waals surface area contributed by atoms with Gasteiger partial charge in [0.25, 0.3) is 0 Å². The van der Waals surface area contributed by atoms with Gasteiger partial charge in [0, 0.05) is 25.4 Å². The zero-order valence-electron chi connectivity index (χ0n) is 9.70. The Balaban J connectivity index is 2.16. The van der Waals surface area contributed by atoms with Crippen LogP contribution in [-0.2, 0) is 13.6 Å². The summed E-state index contributed by atoms with van der Waals surface area (Å²) in [5.41, 5.74) is 6.89. The van der Waals surface area contributed by atoms with Crippen molar-refractivity contribution < 1.29 is 4.92 Å². The summed E-state index contributed by atoms with van der Waals surface area (Å²) < 4.78 is 1.54. The van der Waals surface area contributed by atoms with E-state index in [2.05, 4.69) is 15.4 Å². The summed E-state index contributed by atoms with van der Waals surface area (Å²) in [6, 6.07) is 1.55. The number of aromatic nitrogens is 3. The molecule has 0 aliphatic carbocycles. The van der Waals surface area contributed by atoms with Gasteiger partial charge in [0.2, 0.25) is 0 Å². The Kier molecular flexibility index (Phi) is 3.09. The van der Waals surface area contributed by atoms with E-state index in [-0.39, 0.29) is 5.69 Å². The summed E-state index contributed by atoms with van der Waals surface area (Å²) in [4.78, 5) is 14.0. The van der Waals surface area contributed by atoms with Crippen molar-refractivity contribution in [2.75, 3.05) is 11.1 Å². The molecule has 0 saturated carbocycles. The highest BCUT2D eigenvalue weighted by Gasteiger charge is 2.13. The number of nitrogens with one attached hydrogen (secondary N) is 1. The predicted octanol–water partition coefficient (Wildman–Crippen LogP) is 0.918. The van der Waals surface area contributed by atoms with Crippen LogP contribution in [0.5, 0.6) is 0 Å². The normalized spacial score (nSPS) is 10.3. The van der Waals surface area contributed by atoms with Crippen molar-refractivity contribution in [3.05, 3.63) is 40.3 Å². The lowest BCUT2D eigenvalue weighted by Crippen LogP contribution is -2.05. The van der Waals surface area contributed by atoms with Crippen molar-refractivity contribution in [1.29, 1.82) is 0 Å². The van der Waals surface area contributed by atoms with Crippen LogP contribution in [0.25, 0.3) is 0 Å². The van der Waals surface area contributed by atoms with E-state index >= 15 is 0 Å². The van der Waals surface area contributed by atoms with Crippen molar-refractivity contribution >= 4 is 17.2 Å². The van der Waals surface area contributed by atoms with Crippen LogP contribution in [0, 0.1) is 10.1 Å². The van der Waals surface area contributed by atoms with Crippen LogP contribution >= 0.6 is 0 Å². The molecule has 18 heavy (non-hydrogen) atoms. The van der Waals surface area contributed by atoms with E-state index in [9.17, 15) is 10.1 Å². The van der Waals surface area contributed by atoms with Crippen molar-refractivity contribution in [2.24, 2.45) is 7.05 Å². The predicted molar refractivity (Wildman–Crippen MR) is 65.8 cm³/mol. The molecule has 2 aromatic rings. The topological polar surface area (TPSA) is 112 Å². The lowest BCUT2D eigenvalue weighted by molar-refractivity contribution is -0.384. The van der Waals surface area contributed by atoms with Crippen LogP contribution in [-0.4, -0.2) is 19.7 Å². The molecule has 0 amide bonds. The molecule has 0 saturated heterocycles. The molecule has 2 heterocycles. The van der Waals surface area contributed by atoms with Crippen LogP contribution < -0.4 is 11.1 Å². The van der Waals surface area contributed by atoms with E-state index in [0.29, 0.717) is 18.1 Å². The van der Waals surface area contributed by atoms with Gasteiger partial charge in [0.1, 0.15) is 17.7 Å². The van der Waals surface area contributed by atoms with Gasteiger partial charge in [-0.05, 0) is 6.07 Å². The molecule has 0 spiro atoms. The molecule has 0 unspecified atom stereocenters. The Hall–Kier alpha value is -2.64. The Labute approximate surface area is 103 Å². The quantitative estimate of drug-likeness (QED) is 0.614. The van der Waals surface area contributed by atoms with E-state index in [0.717, 1.165) is 5.56 Å². The summed E-state index contributed by atoms with van der Waals surface area (Å²) in [6.45, 7) is 0.366. The number of nitrogens with zero attached hydrogens (tertiary/aromatic N) is 4. The Morgan fingerprint density at radius 1 is 1.56 bits per heavy atom. The first kappa shape index (κ1) is 11.8. The summed E-state index contributed by atoms with van der Waals surface area (Å²) in [5.74, 6) is 0.527. The maximum absolute atomic E-state index is 10.8. The number of nitrogens with two attached hydrogens (primary N) is 1. The average Bonchev–Trinajstić information content (AvgIpc) is 2.68. The second-order valence-electron chi connectivity index (χ2n) is 3.68. The third kappa shape index (κ3) is 2.21. The number of nitrogen functional groups attached to an aromatic ring is 1. The number of nitro groups is 1. The second-order valence-corrected chi connectivity index (χ2v) is 3.68. The molecule has 8 heteroatoms. The Morgan fingerprint density at radius 3 is 2.94 bits per heavy atom. The standard InChI is InChI=1S/C10H12N6O2/c1-15-10(11)7(5-14-15)4-13-8-2-3-12-6-9(8)16(17)18/h2-3,5-6H,4,11H2,1H3,(H,12,13). The molecule has 2 aromatic heterocycles. The summed E-state index contributed by atoms with van der Waals surface area (Å²) in [7, 11) is 1.73. The van der Waals surface area contributed by atoms with Gasteiger partial charge in [-0.15, -0.1) is 0 Å². The first-order chi connectivity index (χ1) is 8.59. The van der Waals surface area contributed by atoms with E-state index in [1.807, 2.05) is 0 Å². The van der Waals surface area contributed by atoms with Crippen LogP contribution in [0.4, 0.5) is 17.2 Å². The lowest BCUT2D eigenvalue weighted by atomic mass is 10.3. The molecule has 0 aliphatic rings. The third-order valence-electron chi connectivity index (χ3n) is 2.53. The van der Waals surface area contributed by atoms with E-state index < -0.39 is 4.92 Å². The van der Waals surface area contributed by atoms with Crippen molar-refractivity contribution in [3.63, 3.8) is 0 Å². The minimum absolute atomic E-state index is 0.0695. The molecular formula is C10H12N6O2. The highest BCUT2D eigenvalue weighted by molar-refractivity contribution is 5.60. The van der Waals surface area contributed by atoms with Gasteiger partial charge in [-0.3, -0.25) is 19.8 Å². The number of rotatable bonds is 4. The van der Waals surface area contributed by atoms with Gasteiger partial charge < -0.3 is 11.1 Å². The number of hydrogen-bond acceptors (Lipinski definition) is 6. The van der Waals surface area contributed by atoms with Gasteiger partial charge in [0.15, 0.2) is 0 Å². The van der Waals surface area contributed by atoms with Crippen LogP contribution in [0.1, 0.15) is 5.56 Å². The summed E-state index contributed by atoms with van der Waals surface area (Å²) >= 11 is 0. The van der Waals surface area contributed by atoms with Gasteiger partial charge in [0.05, 0.1) is 11.1 Å². The van der Waals surface area contributed by atoms with Crippen molar-refractivity contribution in [1.82, 2.24) is 14.8 Å². The summed E-state index contributed by atoms with van der Waals surface area (Å²) in [6.07, 6.45) is 4.31. The third-order valence-corrected chi connectivity index (χ3v) is 2.53. The second kappa shape index (κ2) is 4.70. The van der Waals surface area contributed by atoms with Gasteiger partial charge in [-0.2, -0.15) is 5.10 Å². The largest absolute Gasteiger partial charge is 0.384 e. The average molecular weight is 248 g/mol. The molecule has 0 atom stereocenters. The number of aryl methyl sites for hydroxylation is 1. The van der Waals surface area contributed by atoms with Crippen molar-refractivity contribution in [3.8, 4) is 0 Å². The minimum atomic E-state index is -0.484. The van der Waals surface area contributed by atoms with Crippen LogP contribution in [0.3, 0.4) is 0 Å². The van der Waals surface area contributed by atoms with Crippen LogP contribution in [0.15, 0.2) is 24.7 Å². The first-order valence-corrected chi connectivity index (χ1v) is 5.18. The molecule has 8 nitrogen and oxygen atoms in total. The monoisotopic (exact) mass is 248 g/mol. The first-order valence-electron chi connectivity index (χ1n) is 5.18. The molecule has 0 radical (unpaired) electrons. The van der Waals surface area contributed by atoms with Gasteiger partial charge >= 0.3 is 5.69 Å². The number of anilines is 2. The Morgan fingerprint density at radius 2 is 2.33 bits per heavy atom. The van der Waals surface area contributed by atoms with Gasteiger partial charge in [-0.1, -0.05) is 0 Å². The van der Waals surface area contributed by atoms with Gasteiger partial charge in [-0.25, -0.2) is 0 Å². The maximum atomic E-state index is 10.8. The lowest BCUT2D eigenvalue weighted by Gasteiger charge is -2.05. The van der Waals surface area contributed by atoms with E-state index in [1.54, 1.807) is 19.3 Å². The Bertz CT molecular complexity index is 579. The maximum Gasteiger partial charge on any atom is 0.310 e. The molecule has 0 aliphatic heterocycles. The zero-order chi connectivity index (χ0) is 13.1. The van der Waals surface area contributed by atoms with Crippen LogP contribution in [0.2, 0.25) is 0 Å². The highest BCUT2D eigenvalue weighted by Crippen LogP contribution is 2.23. The smallest absolute Gasteiger partial charge is 0.310 e.